The van der Waals surface area contributed by atoms with Gasteiger partial charge in [-0.1, -0.05) is 29.8 Å². The molecule has 17 heteroatoms. The van der Waals surface area contributed by atoms with Crippen molar-refractivity contribution in [2.75, 3.05) is 10.8 Å². The van der Waals surface area contributed by atoms with Crippen LogP contribution in [0.5, 0.6) is 0 Å². The monoisotopic (exact) mass is 607 g/mol. The van der Waals surface area contributed by atoms with Gasteiger partial charge in [-0.15, -0.1) is 0 Å². The Hall–Kier alpha value is -3.05. The van der Waals surface area contributed by atoms with E-state index in [4.69, 9.17) is 5.73 Å². The van der Waals surface area contributed by atoms with Gasteiger partial charge in [-0.2, -0.15) is 39.5 Å². The highest BCUT2D eigenvalue weighted by Crippen LogP contribution is 2.51. The van der Waals surface area contributed by atoms with E-state index in [-0.39, 0.29) is 35.1 Å². The SMILES string of the molecule is Cc1ccc(S(=O)(=O)N2c3ccc(C(O)(C(F)(F)F)C(F)(F)F)cc3CCC2CNC(=O)C(N)C(F)(F)F)cc1. The number of carbonyl (C=O) groups excluding carboxylic acids is 1. The molecule has 0 aliphatic carbocycles. The molecule has 0 aromatic heterocycles. The van der Waals surface area contributed by atoms with Crippen LogP contribution in [0.1, 0.15) is 23.1 Å². The summed E-state index contributed by atoms with van der Waals surface area (Å²) in [5.74, 6) is -1.68. The number of carbonyl (C=O) groups is 1. The zero-order chi connectivity index (χ0) is 30.5. The Morgan fingerprint density at radius 2 is 1.57 bits per heavy atom. The number of aliphatic hydroxyl groups is 1. The average molecular weight is 607 g/mol. The largest absolute Gasteiger partial charge is 0.430 e. The zero-order valence-corrected chi connectivity index (χ0v) is 21.1. The Morgan fingerprint density at radius 1 is 1.02 bits per heavy atom. The lowest BCUT2D eigenvalue weighted by atomic mass is 9.88. The topological polar surface area (TPSA) is 113 Å². The van der Waals surface area contributed by atoms with Crippen LogP contribution in [0.15, 0.2) is 47.4 Å². The molecule has 2 aromatic rings. The van der Waals surface area contributed by atoms with Crippen molar-refractivity contribution in [3.63, 3.8) is 0 Å². The number of fused-ring (bicyclic) bond motifs is 1. The summed E-state index contributed by atoms with van der Waals surface area (Å²) in [6.07, 6.45) is -18.2. The summed E-state index contributed by atoms with van der Waals surface area (Å²) in [4.78, 5) is 11.6. The van der Waals surface area contributed by atoms with Gasteiger partial charge in [-0.3, -0.25) is 9.10 Å². The van der Waals surface area contributed by atoms with Gasteiger partial charge in [0.1, 0.15) is 0 Å². The molecule has 0 saturated carbocycles. The molecular formula is C23H22F9N3O4S. The van der Waals surface area contributed by atoms with Crippen molar-refractivity contribution in [1.29, 1.82) is 0 Å². The van der Waals surface area contributed by atoms with E-state index >= 15 is 0 Å². The number of nitrogens with zero attached hydrogens (tertiary/aromatic N) is 1. The number of hydrogen-bond donors (Lipinski definition) is 3. The van der Waals surface area contributed by atoms with Crippen molar-refractivity contribution >= 4 is 21.6 Å². The highest BCUT2D eigenvalue weighted by atomic mass is 32.2. The molecule has 0 spiro atoms. The minimum atomic E-state index is -6.19. The lowest BCUT2D eigenvalue weighted by Crippen LogP contribution is -2.55. The third kappa shape index (κ3) is 5.72. The number of hydrogen-bond acceptors (Lipinski definition) is 5. The number of halogens is 9. The molecule has 2 unspecified atom stereocenters. The van der Waals surface area contributed by atoms with Gasteiger partial charge >= 0.3 is 18.5 Å². The molecule has 2 atom stereocenters. The normalized spacial score (nSPS) is 17.8. The Bertz CT molecular complexity index is 1340. The van der Waals surface area contributed by atoms with Gasteiger partial charge in [0.25, 0.3) is 15.6 Å². The van der Waals surface area contributed by atoms with Crippen molar-refractivity contribution in [1.82, 2.24) is 5.32 Å². The van der Waals surface area contributed by atoms with Gasteiger partial charge in [0.2, 0.25) is 5.91 Å². The zero-order valence-electron chi connectivity index (χ0n) is 20.3. The van der Waals surface area contributed by atoms with Crippen molar-refractivity contribution < 1.29 is 57.8 Å². The molecule has 1 aliphatic rings. The number of benzene rings is 2. The fourth-order valence-corrected chi connectivity index (χ4v) is 5.88. The lowest BCUT2D eigenvalue weighted by molar-refractivity contribution is -0.376. The van der Waals surface area contributed by atoms with E-state index in [2.05, 4.69) is 0 Å². The molecule has 3 rings (SSSR count). The molecule has 1 heterocycles. The van der Waals surface area contributed by atoms with Crippen LogP contribution < -0.4 is 15.4 Å². The second kappa shape index (κ2) is 10.4. The van der Waals surface area contributed by atoms with Crippen LogP contribution in [0.25, 0.3) is 0 Å². The summed E-state index contributed by atoms with van der Waals surface area (Å²) in [7, 11) is -4.62. The molecule has 0 bridgehead atoms. The number of amides is 1. The maximum Gasteiger partial charge on any atom is 0.430 e. The van der Waals surface area contributed by atoms with Crippen LogP contribution in [-0.4, -0.2) is 56.6 Å². The molecular weight excluding hydrogens is 585 g/mol. The Balaban J connectivity index is 2.11. The first-order valence-corrected chi connectivity index (χ1v) is 12.8. The van der Waals surface area contributed by atoms with Gasteiger partial charge < -0.3 is 16.2 Å². The van der Waals surface area contributed by atoms with E-state index < -0.39 is 64.3 Å². The van der Waals surface area contributed by atoms with E-state index in [0.717, 1.165) is 0 Å². The molecule has 7 nitrogen and oxygen atoms in total. The molecule has 0 saturated heterocycles. The van der Waals surface area contributed by atoms with Crippen LogP contribution in [0.3, 0.4) is 0 Å². The molecule has 2 aromatic carbocycles. The molecule has 1 amide bonds. The van der Waals surface area contributed by atoms with Crippen molar-refractivity contribution in [2.24, 2.45) is 5.73 Å². The summed E-state index contributed by atoms with van der Waals surface area (Å²) in [6, 6.07) is 2.20. The third-order valence-electron chi connectivity index (χ3n) is 6.36. The Labute approximate surface area is 221 Å². The maximum absolute atomic E-state index is 13.6. The number of alkyl halides is 9. The predicted molar refractivity (Wildman–Crippen MR) is 122 cm³/mol. The van der Waals surface area contributed by atoms with Crippen molar-refractivity contribution in [2.45, 2.75) is 60.9 Å². The van der Waals surface area contributed by atoms with Gasteiger partial charge in [-0.25, -0.2) is 8.42 Å². The van der Waals surface area contributed by atoms with E-state index in [1.54, 1.807) is 6.92 Å². The number of anilines is 1. The van der Waals surface area contributed by atoms with Crippen LogP contribution in [-0.2, 0) is 26.8 Å². The summed E-state index contributed by atoms with van der Waals surface area (Å²) in [5.41, 5.74) is -2.08. The van der Waals surface area contributed by atoms with Gasteiger partial charge in [-0.05, 0) is 43.5 Å². The first-order valence-electron chi connectivity index (χ1n) is 11.3. The fraction of sp³-hybridized carbons (Fsp3) is 0.435. The van der Waals surface area contributed by atoms with Gasteiger partial charge in [0.05, 0.1) is 16.6 Å². The van der Waals surface area contributed by atoms with Crippen LogP contribution >= 0.6 is 0 Å². The fourth-order valence-electron chi connectivity index (χ4n) is 4.16. The summed E-state index contributed by atoms with van der Waals surface area (Å²) >= 11 is 0. The second-order valence-electron chi connectivity index (χ2n) is 9.12. The summed E-state index contributed by atoms with van der Waals surface area (Å²) in [6.45, 7) is 0.919. The van der Waals surface area contributed by atoms with Crippen LogP contribution in [0.2, 0.25) is 0 Å². The first kappa shape index (κ1) is 31.5. The van der Waals surface area contributed by atoms with Crippen molar-refractivity contribution in [3.05, 3.63) is 59.2 Å². The molecule has 4 N–H and O–H groups in total. The maximum atomic E-state index is 13.6. The number of sulfonamides is 1. The minimum Gasteiger partial charge on any atom is -0.369 e. The van der Waals surface area contributed by atoms with E-state index in [1.807, 2.05) is 5.32 Å². The molecule has 0 fully saturated rings. The van der Waals surface area contributed by atoms with Crippen molar-refractivity contribution in [3.8, 4) is 0 Å². The van der Waals surface area contributed by atoms with Crippen LogP contribution in [0, 0.1) is 6.92 Å². The van der Waals surface area contributed by atoms with Gasteiger partial charge in [0.15, 0.2) is 6.04 Å². The number of aryl methyl sites for hydroxylation is 2. The third-order valence-corrected chi connectivity index (χ3v) is 8.24. The minimum absolute atomic E-state index is 0.262. The highest BCUT2D eigenvalue weighted by molar-refractivity contribution is 7.92. The van der Waals surface area contributed by atoms with Gasteiger partial charge in [0, 0.05) is 12.1 Å². The molecule has 0 radical (unpaired) electrons. The highest BCUT2D eigenvalue weighted by Gasteiger charge is 2.71. The van der Waals surface area contributed by atoms with E-state index in [9.17, 15) is 57.8 Å². The standard InChI is InChI=1S/C23H22F9N3O4S/c1-12-2-7-16(8-3-12)40(38,39)35-15(11-34-19(36)18(33)21(24,25)26)6-4-13-10-14(5-9-17(13)35)20(37,22(27,28)29)23(30,31)32/h2-3,5,7-10,15,18,37H,4,6,11,33H2,1H3,(H,34,36). The van der Waals surface area contributed by atoms with E-state index in [1.165, 1.54) is 24.3 Å². The smallest absolute Gasteiger partial charge is 0.369 e. The second-order valence-corrected chi connectivity index (χ2v) is 10.9. The molecule has 1 aliphatic heterocycles. The molecule has 40 heavy (non-hydrogen) atoms. The number of nitrogens with one attached hydrogen (secondary N) is 1. The van der Waals surface area contributed by atoms with E-state index in [0.29, 0.717) is 22.0 Å². The lowest BCUT2D eigenvalue weighted by Gasteiger charge is -2.39. The average Bonchev–Trinajstić information content (AvgIpc) is 2.83. The molecule has 222 valence electrons. The first-order chi connectivity index (χ1) is 18.1. The van der Waals surface area contributed by atoms with Crippen LogP contribution in [0.4, 0.5) is 45.2 Å². The quantitative estimate of drug-likeness (QED) is 0.433. The summed E-state index contributed by atoms with van der Waals surface area (Å²) in [5, 5.41) is 11.7. The Kier molecular flexibility index (Phi) is 8.19. The number of rotatable bonds is 6. The number of nitrogens with two attached hydrogens (primary N) is 1. The Morgan fingerprint density at radius 3 is 2.08 bits per heavy atom. The summed E-state index contributed by atoms with van der Waals surface area (Å²) < 4.78 is 147. The predicted octanol–water partition coefficient (Wildman–Crippen LogP) is 3.82.